The Balaban J connectivity index is 1.42. The first-order valence-corrected chi connectivity index (χ1v) is 9.62. The summed E-state index contributed by atoms with van der Waals surface area (Å²) >= 11 is 0. The minimum Gasteiger partial charge on any atom is -0.296 e. The normalized spacial score (nSPS) is 17.5. The zero-order valence-corrected chi connectivity index (χ0v) is 15.7. The number of nitrogens with zero attached hydrogens (tertiary/aromatic N) is 3. The van der Waals surface area contributed by atoms with Gasteiger partial charge in [0.2, 0.25) is 0 Å². The van der Waals surface area contributed by atoms with Crippen molar-refractivity contribution in [3.05, 3.63) is 77.6 Å². The third kappa shape index (κ3) is 3.98. The van der Waals surface area contributed by atoms with Gasteiger partial charge in [-0.05, 0) is 60.7 Å². The van der Waals surface area contributed by atoms with Crippen LogP contribution < -0.4 is 5.48 Å². The van der Waals surface area contributed by atoms with Gasteiger partial charge in [0.1, 0.15) is 0 Å². The summed E-state index contributed by atoms with van der Waals surface area (Å²) in [5.74, 6) is -0.529. The van der Waals surface area contributed by atoms with Crippen LogP contribution in [0.3, 0.4) is 0 Å². The Bertz CT molecular complexity index is 978. The molecule has 1 saturated heterocycles. The fourth-order valence-electron chi connectivity index (χ4n) is 3.95. The van der Waals surface area contributed by atoms with Gasteiger partial charge < -0.3 is 0 Å². The third-order valence-corrected chi connectivity index (χ3v) is 5.40. The molecule has 2 aromatic heterocycles. The van der Waals surface area contributed by atoms with Crippen LogP contribution in [0, 0.1) is 0 Å². The number of carbonyl (C=O) groups excluding carboxylic acids is 1. The number of aromatic nitrogens is 2. The maximum atomic E-state index is 11.1. The predicted octanol–water partition coefficient (Wildman–Crippen LogP) is 3.23. The van der Waals surface area contributed by atoms with Gasteiger partial charge in [-0.1, -0.05) is 30.3 Å². The Morgan fingerprint density at radius 2 is 2.11 bits per heavy atom. The molecule has 4 rings (SSSR count). The molecule has 6 nitrogen and oxygen atoms in total. The number of hydroxylamine groups is 1. The molecule has 28 heavy (non-hydrogen) atoms. The molecule has 2 N–H and O–H groups in total. The standard InChI is InChI=1S/C22H24N4O2/c27-22(24-28)11-8-17-6-9-18(10-7-17)20-5-3-13-25(20)15-12-19-16-23-26-14-2-1-4-21(19)26/h1-2,4,6-11,14,16,20,28H,3,5,12-13,15H2,(H,24,27)/b11-8+. The summed E-state index contributed by atoms with van der Waals surface area (Å²) in [6.07, 6.45) is 10.3. The monoisotopic (exact) mass is 376 g/mol. The highest BCUT2D eigenvalue weighted by atomic mass is 16.5. The number of pyridine rings is 1. The van der Waals surface area contributed by atoms with Gasteiger partial charge in [0.25, 0.3) is 5.91 Å². The molecule has 3 heterocycles. The lowest BCUT2D eigenvalue weighted by molar-refractivity contribution is -0.124. The van der Waals surface area contributed by atoms with Gasteiger partial charge in [-0.15, -0.1) is 0 Å². The highest BCUT2D eigenvalue weighted by molar-refractivity contribution is 5.90. The second-order valence-electron chi connectivity index (χ2n) is 7.12. The van der Waals surface area contributed by atoms with E-state index < -0.39 is 5.91 Å². The van der Waals surface area contributed by atoms with Crippen molar-refractivity contribution in [2.75, 3.05) is 13.1 Å². The number of benzene rings is 1. The van der Waals surface area contributed by atoms with E-state index in [0.29, 0.717) is 6.04 Å². The lowest BCUT2D eigenvalue weighted by Gasteiger charge is -2.24. The molecule has 1 aliphatic heterocycles. The van der Waals surface area contributed by atoms with Crippen LogP contribution in [0.15, 0.2) is 60.9 Å². The molecular formula is C22H24N4O2. The lowest BCUT2D eigenvalue weighted by Crippen LogP contribution is -2.25. The topological polar surface area (TPSA) is 69.9 Å². The van der Waals surface area contributed by atoms with Crippen LogP contribution in [0.5, 0.6) is 0 Å². The molecule has 144 valence electrons. The largest absolute Gasteiger partial charge is 0.296 e. The summed E-state index contributed by atoms with van der Waals surface area (Å²) in [6, 6.07) is 14.9. The molecule has 1 aliphatic rings. The first-order valence-electron chi connectivity index (χ1n) is 9.62. The minimum atomic E-state index is -0.529. The first kappa shape index (κ1) is 18.4. The molecule has 1 aromatic carbocycles. The van der Waals surface area contributed by atoms with E-state index in [4.69, 9.17) is 5.21 Å². The number of amides is 1. The Morgan fingerprint density at radius 3 is 2.93 bits per heavy atom. The van der Waals surface area contributed by atoms with E-state index in [9.17, 15) is 4.79 Å². The Labute approximate surface area is 164 Å². The van der Waals surface area contributed by atoms with Gasteiger partial charge in [-0.3, -0.25) is 14.9 Å². The fourth-order valence-corrected chi connectivity index (χ4v) is 3.95. The quantitative estimate of drug-likeness (QED) is 0.394. The molecule has 0 saturated carbocycles. The van der Waals surface area contributed by atoms with E-state index in [1.165, 1.54) is 29.1 Å². The summed E-state index contributed by atoms with van der Waals surface area (Å²) in [5.41, 5.74) is 6.30. The van der Waals surface area contributed by atoms with Gasteiger partial charge in [0.15, 0.2) is 0 Å². The van der Waals surface area contributed by atoms with Crippen LogP contribution in [0.25, 0.3) is 11.6 Å². The Morgan fingerprint density at radius 1 is 1.25 bits per heavy atom. The average molecular weight is 376 g/mol. The van der Waals surface area contributed by atoms with E-state index in [0.717, 1.165) is 31.5 Å². The molecule has 1 fully saturated rings. The van der Waals surface area contributed by atoms with E-state index in [2.05, 4.69) is 34.3 Å². The van der Waals surface area contributed by atoms with Crippen molar-refractivity contribution in [2.45, 2.75) is 25.3 Å². The van der Waals surface area contributed by atoms with Gasteiger partial charge in [-0.25, -0.2) is 10.00 Å². The Hall–Kier alpha value is -2.96. The zero-order chi connectivity index (χ0) is 19.3. The number of rotatable bonds is 6. The molecule has 6 heteroatoms. The zero-order valence-electron chi connectivity index (χ0n) is 15.7. The lowest BCUT2D eigenvalue weighted by atomic mass is 10.0. The highest BCUT2D eigenvalue weighted by Gasteiger charge is 2.25. The van der Waals surface area contributed by atoms with Crippen LogP contribution >= 0.6 is 0 Å². The first-order chi connectivity index (χ1) is 13.7. The highest BCUT2D eigenvalue weighted by Crippen LogP contribution is 2.32. The van der Waals surface area contributed by atoms with Gasteiger partial charge in [0, 0.05) is 24.9 Å². The van der Waals surface area contributed by atoms with Crippen LogP contribution in [0.2, 0.25) is 0 Å². The summed E-state index contributed by atoms with van der Waals surface area (Å²) in [4.78, 5) is 13.6. The van der Waals surface area contributed by atoms with Gasteiger partial charge >= 0.3 is 0 Å². The summed E-state index contributed by atoms with van der Waals surface area (Å²) < 4.78 is 1.93. The van der Waals surface area contributed by atoms with Crippen molar-refractivity contribution in [3.8, 4) is 0 Å². The third-order valence-electron chi connectivity index (χ3n) is 5.40. The molecule has 0 spiro atoms. The molecule has 1 atom stereocenters. The second kappa shape index (κ2) is 8.37. The molecule has 1 amide bonds. The van der Waals surface area contributed by atoms with Crippen LogP contribution in [-0.4, -0.2) is 38.7 Å². The predicted molar refractivity (Wildman–Crippen MR) is 108 cm³/mol. The van der Waals surface area contributed by atoms with E-state index in [1.807, 2.05) is 35.1 Å². The number of likely N-dealkylation sites (tertiary alicyclic amines) is 1. The van der Waals surface area contributed by atoms with Crippen LogP contribution in [0.1, 0.15) is 35.6 Å². The molecule has 0 bridgehead atoms. The van der Waals surface area contributed by atoms with Crippen LogP contribution in [0.4, 0.5) is 0 Å². The molecule has 0 aliphatic carbocycles. The number of nitrogens with one attached hydrogen (secondary N) is 1. The molecular weight excluding hydrogens is 352 g/mol. The van der Waals surface area contributed by atoms with Crippen molar-refractivity contribution in [3.63, 3.8) is 0 Å². The van der Waals surface area contributed by atoms with Gasteiger partial charge in [-0.2, -0.15) is 5.10 Å². The number of carbonyl (C=O) groups is 1. The van der Waals surface area contributed by atoms with E-state index in [-0.39, 0.29) is 0 Å². The number of fused-ring (bicyclic) bond motifs is 1. The smallest absolute Gasteiger partial charge is 0.267 e. The maximum absolute atomic E-state index is 11.1. The molecule has 0 radical (unpaired) electrons. The summed E-state index contributed by atoms with van der Waals surface area (Å²) in [7, 11) is 0. The minimum absolute atomic E-state index is 0.431. The van der Waals surface area contributed by atoms with Crippen molar-refractivity contribution in [1.82, 2.24) is 20.0 Å². The van der Waals surface area contributed by atoms with Crippen LogP contribution in [-0.2, 0) is 11.2 Å². The summed E-state index contributed by atoms with van der Waals surface area (Å²) in [6.45, 7) is 2.13. The average Bonchev–Trinajstić information content (AvgIpc) is 3.37. The second-order valence-corrected chi connectivity index (χ2v) is 7.12. The SMILES string of the molecule is O=C(/C=C/c1ccc(C2CCCN2CCc2cnn3ccccc23)cc1)NO. The summed E-state index contributed by atoms with van der Waals surface area (Å²) in [5, 5.41) is 13.0. The van der Waals surface area contributed by atoms with Crippen molar-refractivity contribution in [2.24, 2.45) is 0 Å². The fraction of sp³-hybridized carbons (Fsp3) is 0.273. The van der Waals surface area contributed by atoms with Crippen molar-refractivity contribution in [1.29, 1.82) is 0 Å². The number of hydrogen-bond donors (Lipinski definition) is 2. The van der Waals surface area contributed by atoms with Crippen molar-refractivity contribution < 1.29 is 10.0 Å². The molecule has 3 aromatic rings. The molecule has 1 unspecified atom stereocenters. The van der Waals surface area contributed by atoms with Gasteiger partial charge in [0.05, 0.1) is 11.7 Å². The Kier molecular flexibility index (Phi) is 5.50. The number of hydrogen-bond acceptors (Lipinski definition) is 4. The van der Waals surface area contributed by atoms with E-state index in [1.54, 1.807) is 11.6 Å². The van der Waals surface area contributed by atoms with E-state index >= 15 is 0 Å². The maximum Gasteiger partial charge on any atom is 0.267 e. The van der Waals surface area contributed by atoms with Crippen molar-refractivity contribution >= 4 is 17.5 Å².